The maximum absolute atomic E-state index is 12.7. The number of rotatable bonds is 6. The molecule has 1 fully saturated rings. The molecule has 1 amide bonds. The average molecular weight is 418 g/mol. The van der Waals surface area contributed by atoms with Crippen LogP contribution in [0.2, 0.25) is 0 Å². The topological polar surface area (TPSA) is 70.8 Å². The van der Waals surface area contributed by atoms with Gasteiger partial charge in [-0.25, -0.2) is 0 Å². The smallest absolute Gasteiger partial charge is 0.295 e. The fourth-order valence-electron chi connectivity index (χ4n) is 3.15. The maximum Gasteiger partial charge on any atom is 0.295 e. The molecule has 1 aliphatic heterocycles. The molecule has 0 bridgehead atoms. The van der Waals surface area contributed by atoms with Crippen molar-refractivity contribution in [3.63, 3.8) is 0 Å². The van der Waals surface area contributed by atoms with Crippen molar-refractivity contribution in [2.75, 3.05) is 6.54 Å². The second kappa shape index (κ2) is 7.91. The molecule has 2 heterocycles. The third-order valence-electron chi connectivity index (χ3n) is 4.47. The number of amides is 1. The number of carbonyl (C=O) groups excluding carboxylic acids is 2. The predicted molar refractivity (Wildman–Crippen MR) is 101 cm³/mol. The number of unbranched alkanes of at least 4 members (excludes halogenated alkanes) is 2. The van der Waals surface area contributed by atoms with E-state index in [2.05, 4.69) is 22.9 Å². The van der Waals surface area contributed by atoms with Crippen LogP contribution in [-0.2, 0) is 9.59 Å². The van der Waals surface area contributed by atoms with Gasteiger partial charge in [0.05, 0.1) is 11.8 Å². The van der Waals surface area contributed by atoms with E-state index in [1.165, 1.54) is 11.2 Å². The average Bonchev–Trinajstić information content (AvgIpc) is 3.24. The van der Waals surface area contributed by atoms with Gasteiger partial charge in [-0.3, -0.25) is 9.59 Å². The highest BCUT2D eigenvalue weighted by molar-refractivity contribution is 9.10. The van der Waals surface area contributed by atoms with E-state index >= 15 is 0 Å². The third kappa shape index (κ3) is 3.46. The first kappa shape index (κ1) is 18.5. The van der Waals surface area contributed by atoms with Crippen LogP contribution in [-0.4, -0.2) is 28.2 Å². The summed E-state index contributed by atoms with van der Waals surface area (Å²) >= 11 is 3.35. The minimum absolute atomic E-state index is 0.0729. The quantitative estimate of drug-likeness (QED) is 0.321. The summed E-state index contributed by atoms with van der Waals surface area (Å²) in [7, 11) is 0. The van der Waals surface area contributed by atoms with Gasteiger partial charge in [0.25, 0.3) is 11.7 Å². The summed E-state index contributed by atoms with van der Waals surface area (Å²) in [5.41, 5.74) is 0.556. The molecule has 1 unspecified atom stereocenters. The number of benzene rings is 1. The maximum atomic E-state index is 12.7. The van der Waals surface area contributed by atoms with Gasteiger partial charge in [0, 0.05) is 16.6 Å². The van der Waals surface area contributed by atoms with Crippen LogP contribution in [0.15, 0.2) is 57.1 Å². The number of hydrogen-bond donors (Lipinski definition) is 1. The lowest BCUT2D eigenvalue weighted by molar-refractivity contribution is -0.140. The number of aliphatic hydroxyl groups is 1. The highest BCUT2D eigenvalue weighted by Gasteiger charge is 2.47. The number of Topliss-reactive ketones (excluding diaryl/α,β-unsaturated/α-hetero) is 1. The van der Waals surface area contributed by atoms with Crippen LogP contribution in [0.1, 0.15) is 43.6 Å². The normalized spacial score (nSPS) is 19.3. The largest absolute Gasteiger partial charge is 0.507 e. The zero-order valence-electron chi connectivity index (χ0n) is 14.4. The first-order valence-electron chi connectivity index (χ1n) is 8.62. The summed E-state index contributed by atoms with van der Waals surface area (Å²) in [6.07, 6.45) is 4.26. The highest BCUT2D eigenvalue weighted by atomic mass is 79.9. The van der Waals surface area contributed by atoms with Crippen LogP contribution in [0, 0.1) is 0 Å². The molecule has 0 spiro atoms. The molecule has 26 heavy (non-hydrogen) atoms. The summed E-state index contributed by atoms with van der Waals surface area (Å²) in [4.78, 5) is 26.8. The Balaban J connectivity index is 2.06. The number of halogens is 1. The van der Waals surface area contributed by atoms with Crippen LogP contribution in [0.5, 0.6) is 0 Å². The Bertz CT molecular complexity index is 824. The fourth-order valence-corrected chi connectivity index (χ4v) is 3.41. The Labute approximate surface area is 160 Å². The van der Waals surface area contributed by atoms with E-state index in [1.807, 2.05) is 0 Å². The number of furan rings is 1. The van der Waals surface area contributed by atoms with Crippen molar-refractivity contribution < 1.29 is 19.1 Å². The molecule has 136 valence electrons. The number of aliphatic hydroxyl groups excluding tert-OH is 1. The van der Waals surface area contributed by atoms with E-state index in [4.69, 9.17) is 4.42 Å². The van der Waals surface area contributed by atoms with E-state index in [1.54, 1.807) is 36.4 Å². The molecule has 1 N–H and O–H groups in total. The lowest BCUT2D eigenvalue weighted by Crippen LogP contribution is -2.30. The molecule has 2 aromatic rings. The van der Waals surface area contributed by atoms with Gasteiger partial charge in [-0.1, -0.05) is 47.8 Å². The molecule has 1 saturated heterocycles. The van der Waals surface area contributed by atoms with Crippen molar-refractivity contribution in [1.82, 2.24) is 4.90 Å². The van der Waals surface area contributed by atoms with Crippen LogP contribution in [0.25, 0.3) is 5.76 Å². The van der Waals surface area contributed by atoms with Gasteiger partial charge in [-0.2, -0.15) is 0 Å². The van der Waals surface area contributed by atoms with Crippen molar-refractivity contribution >= 4 is 33.4 Å². The van der Waals surface area contributed by atoms with Gasteiger partial charge < -0.3 is 14.4 Å². The SMILES string of the molecule is CCCCCN1C(=O)C(=O)/C(=C(\O)c2ccc(Br)cc2)C1c1ccco1. The second-order valence-electron chi connectivity index (χ2n) is 6.22. The molecule has 6 heteroatoms. The molecule has 1 aromatic carbocycles. The molecule has 0 saturated carbocycles. The zero-order valence-corrected chi connectivity index (χ0v) is 16.0. The lowest BCUT2D eigenvalue weighted by atomic mass is 9.99. The summed E-state index contributed by atoms with van der Waals surface area (Å²) in [6.45, 7) is 2.52. The van der Waals surface area contributed by atoms with Crippen LogP contribution in [0.3, 0.4) is 0 Å². The summed E-state index contributed by atoms with van der Waals surface area (Å²) in [6, 6.07) is 9.67. The van der Waals surface area contributed by atoms with E-state index in [0.29, 0.717) is 17.9 Å². The van der Waals surface area contributed by atoms with Gasteiger partial charge >= 0.3 is 0 Å². The Hall–Kier alpha value is -2.34. The van der Waals surface area contributed by atoms with E-state index < -0.39 is 17.7 Å². The Morgan fingerprint density at radius 1 is 1.19 bits per heavy atom. The van der Waals surface area contributed by atoms with E-state index in [0.717, 1.165) is 23.7 Å². The van der Waals surface area contributed by atoms with E-state index in [9.17, 15) is 14.7 Å². The lowest BCUT2D eigenvalue weighted by Gasteiger charge is -2.23. The molecule has 0 aliphatic carbocycles. The Morgan fingerprint density at radius 3 is 2.54 bits per heavy atom. The predicted octanol–water partition coefficient (Wildman–Crippen LogP) is 4.65. The number of hydrogen-bond acceptors (Lipinski definition) is 4. The fraction of sp³-hybridized carbons (Fsp3) is 0.300. The molecular formula is C20H20BrNO4. The van der Waals surface area contributed by atoms with Crippen molar-refractivity contribution in [2.24, 2.45) is 0 Å². The van der Waals surface area contributed by atoms with Gasteiger partial charge in [0.2, 0.25) is 0 Å². The molecular weight excluding hydrogens is 398 g/mol. The minimum Gasteiger partial charge on any atom is -0.507 e. The summed E-state index contributed by atoms with van der Waals surface area (Å²) < 4.78 is 6.35. The second-order valence-corrected chi connectivity index (χ2v) is 7.14. The minimum atomic E-state index is -0.703. The third-order valence-corrected chi connectivity index (χ3v) is 5.00. The molecule has 0 radical (unpaired) electrons. The first-order valence-corrected chi connectivity index (χ1v) is 9.41. The molecule has 1 aliphatic rings. The van der Waals surface area contributed by atoms with Crippen molar-refractivity contribution in [2.45, 2.75) is 32.2 Å². The number of nitrogens with zero attached hydrogens (tertiary/aromatic N) is 1. The summed E-state index contributed by atoms with van der Waals surface area (Å²) in [5.74, 6) is -0.987. The summed E-state index contributed by atoms with van der Waals surface area (Å²) in [5, 5.41) is 10.8. The van der Waals surface area contributed by atoms with Crippen LogP contribution < -0.4 is 0 Å². The Kier molecular flexibility index (Phi) is 5.61. The number of ketones is 1. The molecule has 3 rings (SSSR count). The van der Waals surface area contributed by atoms with Crippen molar-refractivity contribution in [3.05, 3.63) is 64.0 Å². The van der Waals surface area contributed by atoms with Gasteiger partial charge in [-0.05, 0) is 30.7 Å². The standard InChI is InChI=1S/C20H20BrNO4/c1-2-3-4-11-22-17(15-6-5-12-26-15)16(19(24)20(22)25)18(23)13-7-9-14(21)10-8-13/h5-10,12,17,23H,2-4,11H2,1H3/b18-16-. The zero-order chi connectivity index (χ0) is 18.7. The highest BCUT2D eigenvalue weighted by Crippen LogP contribution is 2.39. The molecule has 5 nitrogen and oxygen atoms in total. The van der Waals surface area contributed by atoms with Crippen molar-refractivity contribution in [1.29, 1.82) is 0 Å². The molecule has 1 aromatic heterocycles. The van der Waals surface area contributed by atoms with Crippen LogP contribution >= 0.6 is 15.9 Å². The first-order chi connectivity index (χ1) is 12.5. The number of carbonyl (C=O) groups is 2. The van der Waals surface area contributed by atoms with Gasteiger partial charge in [-0.15, -0.1) is 0 Å². The van der Waals surface area contributed by atoms with Gasteiger partial charge in [0.1, 0.15) is 17.6 Å². The van der Waals surface area contributed by atoms with Crippen molar-refractivity contribution in [3.8, 4) is 0 Å². The van der Waals surface area contributed by atoms with E-state index in [-0.39, 0.29) is 11.3 Å². The van der Waals surface area contributed by atoms with Crippen LogP contribution in [0.4, 0.5) is 0 Å². The van der Waals surface area contributed by atoms with Gasteiger partial charge in [0.15, 0.2) is 0 Å². The molecule has 1 atom stereocenters. The number of likely N-dealkylation sites (tertiary alicyclic amines) is 1. The monoisotopic (exact) mass is 417 g/mol. The Morgan fingerprint density at radius 2 is 1.92 bits per heavy atom.